The molecule has 1 unspecified atom stereocenters. The number of nitrogens with one attached hydrogen (secondary N) is 2. The Morgan fingerprint density at radius 2 is 1.64 bits per heavy atom. The van der Waals surface area contributed by atoms with E-state index in [0.29, 0.717) is 5.56 Å². The Morgan fingerprint density at radius 1 is 0.939 bits per heavy atom. The summed E-state index contributed by atoms with van der Waals surface area (Å²) in [6, 6.07) is 24.8. The SMILES string of the molecule is NC(=O)CNC(=O)CN1C(=O)c2ccccc2C1c1c(-c2ccccc2)[nH]c2ccccc12. The normalized spacial score (nSPS) is 15.0. The minimum Gasteiger partial charge on any atom is -0.368 e. The molecule has 4 aromatic rings. The molecule has 164 valence electrons. The number of nitrogens with zero attached hydrogens (tertiary/aromatic N) is 1. The molecular formula is C26H22N4O3. The van der Waals surface area contributed by atoms with E-state index >= 15 is 0 Å². The van der Waals surface area contributed by atoms with Crippen LogP contribution in [0.15, 0.2) is 78.9 Å². The zero-order valence-electron chi connectivity index (χ0n) is 17.7. The largest absolute Gasteiger partial charge is 0.368 e. The molecule has 7 heteroatoms. The quantitative estimate of drug-likeness (QED) is 0.431. The summed E-state index contributed by atoms with van der Waals surface area (Å²) in [5.41, 5.74) is 10.3. The van der Waals surface area contributed by atoms with Gasteiger partial charge in [-0.25, -0.2) is 0 Å². The van der Waals surface area contributed by atoms with Gasteiger partial charge in [0.2, 0.25) is 11.8 Å². The van der Waals surface area contributed by atoms with Gasteiger partial charge in [0.05, 0.1) is 18.3 Å². The molecule has 0 radical (unpaired) electrons. The summed E-state index contributed by atoms with van der Waals surface area (Å²) in [5, 5.41) is 3.47. The van der Waals surface area contributed by atoms with Crippen molar-refractivity contribution >= 4 is 28.6 Å². The van der Waals surface area contributed by atoms with Crippen LogP contribution in [0, 0.1) is 0 Å². The number of nitrogens with two attached hydrogens (primary N) is 1. The number of benzene rings is 3. The van der Waals surface area contributed by atoms with E-state index in [0.717, 1.165) is 33.3 Å². The highest BCUT2D eigenvalue weighted by Crippen LogP contribution is 2.45. The van der Waals surface area contributed by atoms with Gasteiger partial charge in [0.15, 0.2) is 0 Å². The number of hydrogen-bond acceptors (Lipinski definition) is 3. The summed E-state index contributed by atoms with van der Waals surface area (Å²) in [5.74, 6) is -1.31. The maximum absolute atomic E-state index is 13.4. The van der Waals surface area contributed by atoms with Crippen molar-refractivity contribution in [3.8, 4) is 11.3 Å². The molecule has 0 aliphatic carbocycles. The summed E-state index contributed by atoms with van der Waals surface area (Å²) in [6.45, 7) is -0.472. The fraction of sp³-hybridized carbons (Fsp3) is 0.115. The molecule has 3 amide bonds. The van der Waals surface area contributed by atoms with Crippen LogP contribution < -0.4 is 11.1 Å². The summed E-state index contributed by atoms with van der Waals surface area (Å²) < 4.78 is 0. The molecule has 0 bridgehead atoms. The van der Waals surface area contributed by atoms with Crippen LogP contribution in [-0.2, 0) is 9.59 Å². The van der Waals surface area contributed by atoms with Crippen LogP contribution in [0.3, 0.4) is 0 Å². The van der Waals surface area contributed by atoms with Crippen molar-refractivity contribution in [2.45, 2.75) is 6.04 Å². The summed E-state index contributed by atoms with van der Waals surface area (Å²) in [7, 11) is 0. The van der Waals surface area contributed by atoms with Crippen LogP contribution in [0.1, 0.15) is 27.5 Å². The van der Waals surface area contributed by atoms with Crippen molar-refractivity contribution in [2.24, 2.45) is 5.73 Å². The lowest BCUT2D eigenvalue weighted by Gasteiger charge is -2.26. The van der Waals surface area contributed by atoms with E-state index in [1.54, 1.807) is 11.0 Å². The number of hydrogen-bond donors (Lipinski definition) is 3. The summed E-state index contributed by atoms with van der Waals surface area (Å²) >= 11 is 0. The number of carbonyl (C=O) groups is 3. The molecule has 3 aromatic carbocycles. The molecule has 1 atom stereocenters. The van der Waals surface area contributed by atoms with E-state index < -0.39 is 17.9 Å². The van der Waals surface area contributed by atoms with Crippen molar-refractivity contribution in [2.75, 3.05) is 13.1 Å². The zero-order chi connectivity index (χ0) is 22.9. The minimum absolute atomic E-state index is 0.195. The van der Waals surface area contributed by atoms with Gasteiger partial charge in [-0.3, -0.25) is 14.4 Å². The van der Waals surface area contributed by atoms with E-state index in [2.05, 4.69) is 10.3 Å². The van der Waals surface area contributed by atoms with Crippen LogP contribution in [0.25, 0.3) is 22.2 Å². The van der Waals surface area contributed by atoms with Gasteiger partial charge in [-0.2, -0.15) is 0 Å². The number of rotatable bonds is 6. The lowest BCUT2D eigenvalue weighted by Crippen LogP contribution is -2.42. The Morgan fingerprint density at radius 3 is 2.42 bits per heavy atom. The minimum atomic E-state index is -0.640. The predicted molar refractivity (Wildman–Crippen MR) is 125 cm³/mol. The van der Waals surface area contributed by atoms with Gasteiger partial charge >= 0.3 is 0 Å². The molecule has 0 saturated heterocycles. The topological polar surface area (TPSA) is 108 Å². The summed E-state index contributed by atoms with van der Waals surface area (Å²) in [4.78, 5) is 42.2. The number of H-pyrrole nitrogens is 1. The van der Waals surface area contributed by atoms with Gasteiger partial charge in [0.1, 0.15) is 6.54 Å². The van der Waals surface area contributed by atoms with Gasteiger partial charge < -0.3 is 20.9 Å². The molecule has 33 heavy (non-hydrogen) atoms. The van der Waals surface area contributed by atoms with Crippen LogP contribution >= 0.6 is 0 Å². The Hall–Kier alpha value is -4.39. The maximum atomic E-state index is 13.4. The van der Waals surface area contributed by atoms with Crippen LogP contribution in [-0.4, -0.2) is 40.7 Å². The second-order valence-corrected chi connectivity index (χ2v) is 7.99. The Kier molecular flexibility index (Phi) is 5.14. The van der Waals surface area contributed by atoms with Gasteiger partial charge in [-0.1, -0.05) is 66.7 Å². The molecule has 5 rings (SSSR count). The van der Waals surface area contributed by atoms with Crippen molar-refractivity contribution in [1.29, 1.82) is 0 Å². The Bertz CT molecular complexity index is 1380. The van der Waals surface area contributed by atoms with Gasteiger partial charge in [-0.05, 0) is 23.3 Å². The third kappa shape index (κ3) is 3.63. The predicted octanol–water partition coefficient (Wildman–Crippen LogP) is 2.98. The first-order valence-corrected chi connectivity index (χ1v) is 10.7. The molecule has 0 spiro atoms. The van der Waals surface area contributed by atoms with E-state index in [1.807, 2.05) is 72.8 Å². The third-order valence-corrected chi connectivity index (χ3v) is 5.91. The average Bonchev–Trinajstić information content (AvgIpc) is 3.34. The van der Waals surface area contributed by atoms with Crippen molar-refractivity contribution in [3.63, 3.8) is 0 Å². The van der Waals surface area contributed by atoms with Gasteiger partial charge in [0.25, 0.3) is 5.91 Å². The van der Waals surface area contributed by atoms with Crippen molar-refractivity contribution < 1.29 is 14.4 Å². The van der Waals surface area contributed by atoms with Crippen molar-refractivity contribution in [3.05, 3.63) is 95.6 Å². The Labute approximate surface area is 190 Å². The highest BCUT2D eigenvalue weighted by atomic mass is 16.2. The second kappa shape index (κ2) is 8.27. The number of carbonyl (C=O) groups excluding carboxylic acids is 3. The molecule has 0 fully saturated rings. The first-order valence-electron chi connectivity index (χ1n) is 10.7. The number of para-hydroxylation sites is 1. The highest BCUT2D eigenvalue weighted by molar-refractivity contribution is 6.03. The molecule has 2 heterocycles. The highest BCUT2D eigenvalue weighted by Gasteiger charge is 2.40. The molecule has 4 N–H and O–H groups in total. The lowest BCUT2D eigenvalue weighted by atomic mass is 9.93. The smallest absolute Gasteiger partial charge is 0.255 e. The number of aromatic amines is 1. The fourth-order valence-corrected chi connectivity index (χ4v) is 4.52. The van der Waals surface area contributed by atoms with E-state index in [4.69, 9.17) is 5.73 Å². The molecule has 0 saturated carbocycles. The van der Waals surface area contributed by atoms with E-state index in [1.165, 1.54) is 0 Å². The molecule has 7 nitrogen and oxygen atoms in total. The third-order valence-electron chi connectivity index (χ3n) is 5.91. The maximum Gasteiger partial charge on any atom is 0.255 e. The molecule has 1 aliphatic rings. The van der Waals surface area contributed by atoms with Crippen LogP contribution in [0.5, 0.6) is 0 Å². The lowest BCUT2D eigenvalue weighted by molar-refractivity contribution is -0.125. The standard InChI is InChI=1S/C26H22N4O3/c27-21(31)14-28-22(32)15-30-25(17-10-4-5-11-18(17)26(30)33)23-19-12-6-7-13-20(19)29-24(23)16-8-2-1-3-9-16/h1-13,25,29H,14-15H2,(H2,27,31)(H,28,32). The fourth-order valence-electron chi connectivity index (χ4n) is 4.52. The number of fused-ring (bicyclic) bond motifs is 2. The number of aromatic nitrogens is 1. The van der Waals surface area contributed by atoms with Gasteiger partial charge in [0, 0.05) is 22.0 Å². The number of amides is 3. The average molecular weight is 438 g/mol. The van der Waals surface area contributed by atoms with E-state index in [9.17, 15) is 14.4 Å². The first kappa shape index (κ1) is 20.5. The zero-order valence-corrected chi connectivity index (χ0v) is 17.7. The number of primary amides is 1. The molecule has 1 aromatic heterocycles. The second-order valence-electron chi connectivity index (χ2n) is 7.99. The van der Waals surface area contributed by atoms with Gasteiger partial charge in [-0.15, -0.1) is 0 Å². The first-order chi connectivity index (χ1) is 16.0. The molecular weight excluding hydrogens is 416 g/mol. The molecule has 1 aliphatic heterocycles. The van der Waals surface area contributed by atoms with E-state index in [-0.39, 0.29) is 19.0 Å². The summed E-state index contributed by atoms with van der Waals surface area (Å²) in [6.07, 6.45) is 0. The Balaban J connectivity index is 1.68. The van der Waals surface area contributed by atoms with Crippen LogP contribution in [0.2, 0.25) is 0 Å². The van der Waals surface area contributed by atoms with Crippen molar-refractivity contribution in [1.82, 2.24) is 15.2 Å². The monoisotopic (exact) mass is 438 g/mol. The van der Waals surface area contributed by atoms with Crippen LogP contribution in [0.4, 0.5) is 0 Å².